The summed E-state index contributed by atoms with van der Waals surface area (Å²) in [6.45, 7) is 2.58. The number of nitrogens with zero attached hydrogens (tertiary/aromatic N) is 3. The zero-order valence-corrected chi connectivity index (χ0v) is 21.4. The molecule has 1 aromatic carbocycles. The number of thioether (sulfide) groups is 1. The van der Waals surface area contributed by atoms with Crippen LogP contribution in [0.25, 0.3) is 10.2 Å². The van der Waals surface area contributed by atoms with Crippen LogP contribution < -0.4 is 25.7 Å². The highest BCUT2D eigenvalue weighted by Gasteiger charge is 2.16. The molecular formula is C24H23N5O6S2. The Hall–Kier alpha value is -3.84. The van der Waals surface area contributed by atoms with Crippen LogP contribution in [0.15, 0.2) is 50.2 Å². The van der Waals surface area contributed by atoms with Gasteiger partial charge in [-0.15, -0.1) is 11.3 Å². The van der Waals surface area contributed by atoms with E-state index < -0.39 is 0 Å². The number of aryl methyl sites for hydroxylation is 1. The lowest BCUT2D eigenvalue weighted by Crippen LogP contribution is -2.26. The number of hydrogen-bond acceptors (Lipinski definition) is 10. The van der Waals surface area contributed by atoms with E-state index in [0.717, 1.165) is 17.3 Å². The topological polar surface area (TPSA) is 138 Å². The predicted molar refractivity (Wildman–Crippen MR) is 138 cm³/mol. The fraction of sp³-hybridized carbons (Fsp3) is 0.292. The third-order valence-electron chi connectivity index (χ3n) is 5.47. The van der Waals surface area contributed by atoms with Gasteiger partial charge in [0.15, 0.2) is 22.5 Å². The Kier molecular flexibility index (Phi) is 7.42. The number of hydrogen-bond donors (Lipinski definition) is 2. The van der Waals surface area contributed by atoms with Gasteiger partial charge in [0.05, 0.1) is 11.3 Å². The van der Waals surface area contributed by atoms with Gasteiger partial charge in [-0.05, 0) is 42.5 Å². The van der Waals surface area contributed by atoms with Gasteiger partial charge in [-0.1, -0.05) is 23.0 Å². The van der Waals surface area contributed by atoms with Crippen LogP contribution >= 0.6 is 23.1 Å². The molecule has 4 heterocycles. The van der Waals surface area contributed by atoms with E-state index in [1.807, 2.05) is 18.2 Å². The van der Waals surface area contributed by atoms with E-state index in [4.69, 9.17) is 14.0 Å². The first kappa shape index (κ1) is 24.8. The van der Waals surface area contributed by atoms with E-state index >= 15 is 0 Å². The summed E-state index contributed by atoms with van der Waals surface area (Å²) in [5.41, 5.74) is 1.30. The van der Waals surface area contributed by atoms with Gasteiger partial charge in [-0.2, -0.15) is 0 Å². The van der Waals surface area contributed by atoms with Crippen LogP contribution in [0, 0.1) is 6.92 Å². The number of rotatable bonds is 10. The smallest absolute Gasteiger partial charge is 0.272 e. The van der Waals surface area contributed by atoms with Gasteiger partial charge in [-0.25, -0.2) is 4.98 Å². The summed E-state index contributed by atoms with van der Waals surface area (Å²) in [6.07, 6.45) is 0.666. The van der Waals surface area contributed by atoms with Crippen molar-refractivity contribution in [1.29, 1.82) is 0 Å². The molecule has 0 bridgehead atoms. The van der Waals surface area contributed by atoms with Gasteiger partial charge in [-0.3, -0.25) is 19.0 Å². The molecule has 2 amide bonds. The standard InChI is InChI=1S/C24H23N5O6S2/c1-14-9-19(28-35-14)27-21(31)12-37-24-26-16-6-8-36-22(16)23(32)29(24)7-2-3-20(30)25-11-15-4-5-17-18(10-15)34-13-33-17/h4-6,8-10H,2-3,7,11-13H2,1H3,(H,25,30)(H,27,28,31). The number of fused-ring (bicyclic) bond motifs is 2. The van der Waals surface area contributed by atoms with Crippen molar-refractivity contribution in [2.45, 2.75) is 38.0 Å². The molecule has 0 radical (unpaired) electrons. The lowest BCUT2D eigenvalue weighted by atomic mass is 10.2. The Labute approximate surface area is 219 Å². The second kappa shape index (κ2) is 11.0. The third kappa shape index (κ3) is 5.94. The Bertz CT molecular complexity index is 1510. The molecule has 3 aromatic heterocycles. The van der Waals surface area contributed by atoms with Crippen molar-refractivity contribution in [3.63, 3.8) is 0 Å². The van der Waals surface area contributed by atoms with E-state index in [2.05, 4.69) is 20.8 Å². The number of amides is 2. The lowest BCUT2D eigenvalue weighted by molar-refractivity contribution is -0.121. The van der Waals surface area contributed by atoms with Crippen molar-refractivity contribution in [2.24, 2.45) is 0 Å². The minimum Gasteiger partial charge on any atom is -0.454 e. The maximum Gasteiger partial charge on any atom is 0.272 e. The molecule has 0 saturated heterocycles. The number of thiophene rings is 1. The second-order valence-corrected chi connectivity index (χ2v) is 10.1. The quantitative estimate of drug-likeness (QED) is 0.229. The fourth-order valence-electron chi connectivity index (χ4n) is 3.70. The molecule has 11 nitrogen and oxygen atoms in total. The van der Waals surface area contributed by atoms with Gasteiger partial charge in [0, 0.05) is 25.6 Å². The van der Waals surface area contributed by atoms with Gasteiger partial charge >= 0.3 is 0 Å². The summed E-state index contributed by atoms with van der Waals surface area (Å²) in [4.78, 5) is 42.5. The monoisotopic (exact) mass is 541 g/mol. The maximum atomic E-state index is 13.1. The van der Waals surface area contributed by atoms with E-state index in [9.17, 15) is 14.4 Å². The van der Waals surface area contributed by atoms with E-state index in [1.165, 1.54) is 15.9 Å². The molecule has 192 valence electrons. The van der Waals surface area contributed by atoms with Crippen LogP contribution in [0.1, 0.15) is 24.2 Å². The first-order valence-electron chi connectivity index (χ1n) is 11.5. The van der Waals surface area contributed by atoms with Crippen LogP contribution in [0.5, 0.6) is 11.5 Å². The largest absolute Gasteiger partial charge is 0.454 e. The lowest BCUT2D eigenvalue weighted by Gasteiger charge is -2.12. The van der Waals surface area contributed by atoms with E-state index in [-0.39, 0.29) is 36.3 Å². The van der Waals surface area contributed by atoms with Crippen molar-refractivity contribution in [3.8, 4) is 11.5 Å². The van der Waals surface area contributed by atoms with Crippen molar-refractivity contribution < 1.29 is 23.6 Å². The number of benzene rings is 1. The van der Waals surface area contributed by atoms with Gasteiger partial charge in [0.2, 0.25) is 18.6 Å². The van der Waals surface area contributed by atoms with Crippen molar-refractivity contribution in [2.75, 3.05) is 17.9 Å². The molecule has 0 aliphatic carbocycles. The molecule has 4 aromatic rings. The molecule has 2 N–H and O–H groups in total. The van der Waals surface area contributed by atoms with E-state index in [1.54, 1.807) is 24.4 Å². The van der Waals surface area contributed by atoms with Gasteiger partial charge in [0.1, 0.15) is 10.5 Å². The molecule has 0 spiro atoms. The van der Waals surface area contributed by atoms with Crippen LogP contribution in [0.4, 0.5) is 5.82 Å². The molecule has 1 aliphatic rings. The summed E-state index contributed by atoms with van der Waals surface area (Å²) >= 11 is 2.47. The minimum atomic E-state index is -0.299. The average Bonchev–Trinajstić information content (AvgIpc) is 3.63. The first-order chi connectivity index (χ1) is 18.0. The zero-order chi connectivity index (χ0) is 25.8. The highest BCUT2D eigenvalue weighted by Crippen LogP contribution is 2.32. The molecule has 0 atom stereocenters. The molecule has 5 rings (SSSR count). The molecule has 13 heteroatoms. The second-order valence-electron chi connectivity index (χ2n) is 8.21. The Morgan fingerprint density at radius 3 is 2.86 bits per heavy atom. The molecule has 1 aliphatic heterocycles. The number of nitrogens with one attached hydrogen (secondary N) is 2. The van der Waals surface area contributed by atoms with Crippen molar-refractivity contribution in [3.05, 3.63) is 57.4 Å². The highest BCUT2D eigenvalue weighted by atomic mass is 32.2. The molecule has 37 heavy (non-hydrogen) atoms. The fourth-order valence-corrected chi connectivity index (χ4v) is 5.31. The van der Waals surface area contributed by atoms with Crippen LogP contribution in [0.2, 0.25) is 0 Å². The Balaban J connectivity index is 1.18. The summed E-state index contributed by atoms with van der Waals surface area (Å²) in [5, 5.41) is 11.5. The summed E-state index contributed by atoms with van der Waals surface area (Å²) in [7, 11) is 0. The first-order valence-corrected chi connectivity index (χ1v) is 13.3. The number of ether oxygens (including phenoxy) is 2. The minimum absolute atomic E-state index is 0.0318. The van der Waals surface area contributed by atoms with Gasteiger partial charge in [0.25, 0.3) is 5.56 Å². The molecule has 0 unspecified atom stereocenters. The SMILES string of the molecule is Cc1cc(NC(=O)CSc2nc3ccsc3c(=O)n2CCCC(=O)NCc2ccc3c(c2)OCO3)no1. The normalized spacial score (nSPS) is 12.1. The highest BCUT2D eigenvalue weighted by molar-refractivity contribution is 7.99. The Morgan fingerprint density at radius 2 is 2.03 bits per heavy atom. The van der Waals surface area contributed by atoms with Crippen molar-refractivity contribution in [1.82, 2.24) is 20.0 Å². The predicted octanol–water partition coefficient (Wildman–Crippen LogP) is 3.31. The van der Waals surface area contributed by atoms with Crippen LogP contribution in [-0.4, -0.2) is 39.1 Å². The van der Waals surface area contributed by atoms with E-state index in [0.29, 0.717) is 58.0 Å². The van der Waals surface area contributed by atoms with Crippen molar-refractivity contribution >= 4 is 50.9 Å². The molecular weight excluding hydrogens is 518 g/mol. The average molecular weight is 542 g/mol. The molecule has 0 saturated carbocycles. The van der Waals surface area contributed by atoms with Gasteiger partial charge < -0.3 is 24.6 Å². The third-order valence-corrected chi connectivity index (χ3v) is 7.34. The number of carbonyl (C=O) groups is 2. The summed E-state index contributed by atoms with van der Waals surface area (Å²) in [6, 6.07) is 8.92. The number of carbonyl (C=O) groups excluding carboxylic acids is 2. The number of aromatic nitrogens is 3. The summed E-state index contributed by atoms with van der Waals surface area (Å²) in [5.74, 6) is 1.87. The number of anilines is 1. The summed E-state index contributed by atoms with van der Waals surface area (Å²) < 4.78 is 17.7. The zero-order valence-electron chi connectivity index (χ0n) is 19.8. The Morgan fingerprint density at radius 1 is 1.16 bits per heavy atom. The van der Waals surface area contributed by atoms with Crippen LogP contribution in [0.3, 0.4) is 0 Å². The van der Waals surface area contributed by atoms with Crippen LogP contribution in [-0.2, 0) is 22.7 Å². The molecule has 0 fully saturated rings. The maximum absolute atomic E-state index is 13.1.